The summed E-state index contributed by atoms with van der Waals surface area (Å²) in [6.07, 6.45) is 6.60. The minimum absolute atomic E-state index is 0.248. The zero-order valence-electron chi connectivity index (χ0n) is 16.2. The van der Waals surface area contributed by atoms with E-state index in [-0.39, 0.29) is 27.7 Å². The Bertz CT molecular complexity index is 1330. The number of hydrogen-bond acceptors (Lipinski definition) is 7. The van der Waals surface area contributed by atoms with Crippen molar-refractivity contribution in [2.24, 2.45) is 9.98 Å². The minimum Gasteiger partial charge on any atom is -0.494 e. The quantitative estimate of drug-likeness (QED) is 0.536. The van der Waals surface area contributed by atoms with Gasteiger partial charge in [0, 0.05) is 12.3 Å². The van der Waals surface area contributed by atoms with Crippen molar-refractivity contribution in [3.63, 3.8) is 0 Å². The van der Waals surface area contributed by atoms with E-state index < -0.39 is 12.5 Å². The van der Waals surface area contributed by atoms with Crippen molar-refractivity contribution in [3.05, 3.63) is 48.6 Å². The summed E-state index contributed by atoms with van der Waals surface area (Å²) in [5, 5.41) is 31.2. The number of aliphatic imine (C=N–C) groups is 2. The fourth-order valence-electron chi connectivity index (χ4n) is 3.21. The molecular weight excluding hydrogens is 420 g/mol. The maximum atomic E-state index is 11.2. The Kier molecular flexibility index (Phi) is 5.22. The van der Waals surface area contributed by atoms with Gasteiger partial charge < -0.3 is 19.9 Å². The largest absolute Gasteiger partial charge is 0.494 e. The molecule has 1 aliphatic carbocycles. The number of fused-ring (bicyclic) bond motifs is 1. The lowest BCUT2D eigenvalue weighted by Crippen LogP contribution is -2.07. The molecule has 31 heavy (non-hydrogen) atoms. The number of carboxylic acid groups (broad SMARTS) is 1. The van der Waals surface area contributed by atoms with Crippen molar-refractivity contribution in [3.8, 4) is 22.2 Å². The Morgan fingerprint density at radius 2 is 1.77 bits per heavy atom. The number of aromatic hydroxyl groups is 2. The van der Waals surface area contributed by atoms with E-state index in [1.54, 1.807) is 48.6 Å². The SMILES string of the molecule is CC(=O)N=C1C=CC(=Nc2nc(O)c(-c3c(O)n(CC(=O)O)c4ccccc34)s2)C=C1. The van der Waals surface area contributed by atoms with Gasteiger partial charge in [-0.05, 0) is 30.4 Å². The average Bonchev–Trinajstić information content (AvgIpc) is 3.19. The highest BCUT2D eigenvalue weighted by atomic mass is 32.1. The van der Waals surface area contributed by atoms with Crippen LogP contribution in [0.2, 0.25) is 0 Å². The molecule has 9 nitrogen and oxygen atoms in total. The van der Waals surface area contributed by atoms with Crippen LogP contribution in [0, 0.1) is 0 Å². The fourth-order valence-corrected chi connectivity index (χ4v) is 4.12. The average molecular weight is 436 g/mol. The summed E-state index contributed by atoms with van der Waals surface area (Å²) < 4.78 is 1.26. The molecule has 0 saturated heterocycles. The standard InChI is InChI=1S/C21H16N4O5S/c1-11(26)22-12-6-8-13(9-7-12)23-21-24-19(29)18(31-21)17-14-4-2-3-5-15(14)25(20(17)30)10-16(27)28/h2-9,29-30H,10H2,1H3,(H,27,28). The highest BCUT2D eigenvalue weighted by molar-refractivity contribution is 7.19. The number of amides is 1. The maximum Gasteiger partial charge on any atom is 0.323 e. The molecule has 0 unspecified atom stereocenters. The van der Waals surface area contributed by atoms with E-state index >= 15 is 0 Å². The van der Waals surface area contributed by atoms with E-state index in [1.807, 2.05) is 0 Å². The zero-order chi connectivity index (χ0) is 22.1. The number of thiazole rings is 1. The molecule has 0 atom stereocenters. The molecule has 1 aromatic carbocycles. The van der Waals surface area contributed by atoms with Crippen LogP contribution in [0.25, 0.3) is 21.3 Å². The molecule has 156 valence electrons. The van der Waals surface area contributed by atoms with Gasteiger partial charge in [0.25, 0.3) is 0 Å². The van der Waals surface area contributed by atoms with Gasteiger partial charge in [0.2, 0.25) is 22.8 Å². The molecular formula is C21H16N4O5S. The smallest absolute Gasteiger partial charge is 0.323 e. The lowest BCUT2D eigenvalue weighted by molar-refractivity contribution is -0.137. The number of nitrogens with zero attached hydrogens (tertiary/aromatic N) is 4. The van der Waals surface area contributed by atoms with Crippen LogP contribution in [0.15, 0.2) is 58.6 Å². The second-order valence-corrected chi connectivity index (χ2v) is 7.58. The number of para-hydroxylation sites is 1. The van der Waals surface area contributed by atoms with Gasteiger partial charge in [0.05, 0.1) is 22.5 Å². The van der Waals surface area contributed by atoms with E-state index in [0.29, 0.717) is 27.9 Å². The molecule has 3 N–H and O–H groups in total. The number of benzene rings is 1. The first kappa shape index (κ1) is 20.2. The van der Waals surface area contributed by atoms with Gasteiger partial charge in [0.15, 0.2) is 0 Å². The Morgan fingerprint density at radius 1 is 1.10 bits per heavy atom. The van der Waals surface area contributed by atoms with Gasteiger partial charge in [0.1, 0.15) is 11.4 Å². The van der Waals surface area contributed by atoms with Crippen molar-refractivity contribution in [2.75, 3.05) is 0 Å². The predicted octanol–water partition coefficient (Wildman–Crippen LogP) is 3.45. The van der Waals surface area contributed by atoms with Crippen LogP contribution >= 0.6 is 11.3 Å². The summed E-state index contributed by atoms with van der Waals surface area (Å²) in [7, 11) is 0. The number of carbonyl (C=O) groups is 2. The normalized spacial score (nSPS) is 13.1. The molecule has 2 heterocycles. The first-order valence-corrected chi connectivity index (χ1v) is 9.91. The Morgan fingerprint density at radius 3 is 2.45 bits per heavy atom. The van der Waals surface area contributed by atoms with Gasteiger partial charge in [-0.2, -0.15) is 4.98 Å². The van der Waals surface area contributed by atoms with Crippen LogP contribution in [0.5, 0.6) is 11.8 Å². The molecule has 4 rings (SSSR count). The Hall–Kier alpha value is -4.05. The summed E-state index contributed by atoms with van der Waals surface area (Å²) in [4.78, 5) is 34.8. The summed E-state index contributed by atoms with van der Waals surface area (Å²) in [6, 6.07) is 6.92. The van der Waals surface area contributed by atoms with Crippen LogP contribution in [-0.4, -0.2) is 48.2 Å². The lowest BCUT2D eigenvalue weighted by atomic mass is 10.1. The van der Waals surface area contributed by atoms with Crippen LogP contribution in [0.4, 0.5) is 5.13 Å². The van der Waals surface area contributed by atoms with E-state index in [9.17, 15) is 24.9 Å². The number of carboxylic acids is 1. The number of hydrogen-bond donors (Lipinski definition) is 3. The Balaban J connectivity index is 1.75. The zero-order valence-corrected chi connectivity index (χ0v) is 17.0. The highest BCUT2D eigenvalue weighted by Gasteiger charge is 2.24. The van der Waals surface area contributed by atoms with Crippen molar-refractivity contribution in [1.29, 1.82) is 0 Å². The second kappa shape index (κ2) is 8.00. The molecule has 1 amide bonds. The predicted molar refractivity (Wildman–Crippen MR) is 118 cm³/mol. The van der Waals surface area contributed by atoms with E-state index in [4.69, 9.17) is 0 Å². The molecule has 0 aliphatic heterocycles. The maximum absolute atomic E-state index is 11.2. The molecule has 1 aliphatic rings. The molecule has 0 radical (unpaired) electrons. The molecule has 3 aromatic rings. The van der Waals surface area contributed by atoms with Crippen molar-refractivity contribution in [2.45, 2.75) is 13.5 Å². The molecule has 2 aromatic heterocycles. The molecule has 10 heteroatoms. The summed E-state index contributed by atoms with van der Waals surface area (Å²) >= 11 is 1.06. The van der Waals surface area contributed by atoms with Crippen molar-refractivity contribution < 1.29 is 24.9 Å². The van der Waals surface area contributed by atoms with Gasteiger partial charge in [-0.1, -0.05) is 29.5 Å². The van der Waals surface area contributed by atoms with Gasteiger partial charge in [-0.25, -0.2) is 9.98 Å². The summed E-state index contributed by atoms with van der Waals surface area (Å²) in [5.74, 6) is -2.00. The lowest BCUT2D eigenvalue weighted by Gasteiger charge is -2.03. The number of allylic oxidation sites excluding steroid dienone is 4. The van der Waals surface area contributed by atoms with Crippen molar-refractivity contribution >= 4 is 50.7 Å². The fraction of sp³-hybridized carbons (Fsp3) is 0.0952. The van der Waals surface area contributed by atoms with Gasteiger partial charge in [-0.15, -0.1) is 0 Å². The third-order valence-electron chi connectivity index (χ3n) is 4.42. The molecule has 0 saturated carbocycles. The number of aliphatic carboxylic acids is 1. The molecule has 0 bridgehead atoms. The van der Waals surface area contributed by atoms with Crippen molar-refractivity contribution in [1.82, 2.24) is 9.55 Å². The van der Waals surface area contributed by atoms with Crippen LogP contribution in [0.3, 0.4) is 0 Å². The first-order chi connectivity index (χ1) is 14.8. The Labute approximate surface area is 179 Å². The van der Waals surface area contributed by atoms with Crippen LogP contribution < -0.4 is 0 Å². The topological polar surface area (TPSA) is 137 Å². The molecule has 0 fully saturated rings. The second-order valence-electron chi connectivity index (χ2n) is 6.60. The van der Waals surface area contributed by atoms with E-state index in [2.05, 4.69) is 15.0 Å². The number of carbonyl (C=O) groups excluding carboxylic acids is 1. The van der Waals surface area contributed by atoms with E-state index in [0.717, 1.165) is 11.3 Å². The van der Waals surface area contributed by atoms with E-state index in [1.165, 1.54) is 11.5 Å². The third kappa shape index (κ3) is 4.01. The van der Waals surface area contributed by atoms with Gasteiger partial charge >= 0.3 is 5.97 Å². The number of aromatic nitrogens is 2. The minimum atomic E-state index is -1.10. The third-order valence-corrected chi connectivity index (χ3v) is 5.38. The van der Waals surface area contributed by atoms with Gasteiger partial charge in [-0.3, -0.25) is 9.59 Å². The monoisotopic (exact) mass is 436 g/mol. The van der Waals surface area contributed by atoms with Crippen LogP contribution in [-0.2, 0) is 16.1 Å². The summed E-state index contributed by atoms with van der Waals surface area (Å²) in [6.45, 7) is 0.932. The highest BCUT2D eigenvalue weighted by Crippen LogP contribution is 2.47. The molecule has 0 spiro atoms. The summed E-state index contributed by atoms with van der Waals surface area (Å²) in [5.41, 5.74) is 1.86. The van der Waals surface area contributed by atoms with Crippen LogP contribution in [0.1, 0.15) is 6.92 Å². The number of rotatable bonds is 4. The first-order valence-electron chi connectivity index (χ1n) is 9.09.